The van der Waals surface area contributed by atoms with Crippen molar-refractivity contribution in [2.24, 2.45) is 0 Å². The van der Waals surface area contributed by atoms with Gasteiger partial charge in [-0.1, -0.05) is 0 Å². The molecule has 0 spiro atoms. The summed E-state index contributed by atoms with van der Waals surface area (Å²) in [5, 5.41) is 6.45. The highest BCUT2D eigenvalue weighted by Gasteiger charge is 2.40. The fourth-order valence-electron chi connectivity index (χ4n) is 6.53. The fraction of sp³-hybridized carbons (Fsp3) is 0.387. The summed E-state index contributed by atoms with van der Waals surface area (Å²) in [6.45, 7) is 3.27. The number of aryl methyl sites for hydroxylation is 1. The maximum Gasteiger partial charge on any atom is 0.417 e. The van der Waals surface area contributed by atoms with E-state index in [2.05, 4.69) is 30.1 Å². The normalized spacial score (nSPS) is 19.1. The average molecular weight is 674 g/mol. The van der Waals surface area contributed by atoms with E-state index in [1.165, 1.54) is 19.1 Å². The van der Waals surface area contributed by atoms with Gasteiger partial charge in [-0.2, -0.15) is 28.2 Å². The number of pyridine rings is 2. The number of likely N-dealkylation sites (tertiary alicyclic amines) is 1. The van der Waals surface area contributed by atoms with E-state index >= 15 is 4.39 Å². The smallest absolute Gasteiger partial charge is 0.417 e. The molecule has 0 amide bonds. The number of aromatic nitrogens is 6. The molecular formula is C31H29F6N9O2. The zero-order chi connectivity index (χ0) is 34.1. The van der Waals surface area contributed by atoms with Crippen LogP contribution in [0.15, 0.2) is 24.5 Å². The molecule has 48 heavy (non-hydrogen) atoms. The van der Waals surface area contributed by atoms with E-state index in [-0.39, 0.29) is 65.1 Å². The summed E-state index contributed by atoms with van der Waals surface area (Å²) in [5.41, 5.74) is 3.69. The molecule has 3 atom stereocenters. The molecule has 5 aromatic rings. The van der Waals surface area contributed by atoms with Gasteiger partial charge >= 0.3 is 12.2 Å². The van der Waals surface area contributed by atoms with Crippen molar-refractivity contribution in [3.63, 3.8) is 0 Å². The monoisotopic (exact) mass is 673 g/mol. The number of rotatable bonds is 6. The summed E-state index contributed by atoms with van der Waals surface area (Å²) in [5.74, 6) is -1.99. The first-order valence-electron chi connectivity index (χ1n) is 15.1. The highest BCUT2D eigenvalue weighted by molar-refractivity contribution is 6.02. The van der Waals surface area contributed by atoms with Gasteiger partial charge in [-0.05, 0) is 45.0 Å². The fourth-order valence-corrected chi connectivity index (χ4v) is 6.53. The van der Waals surface area contributed by atoms with Crippen LogP contribution >= 0.6 is 0 Å². The number of fused-ring (bicyclic) bond motifs is 1. The molecule has 252 valence electrons. The second-order valence-corrected chi connectivity index (χ2v) is 11.9. The van der Waals surface area contributed by atoms with Gasteiger partial charge in [0, 0.05) is 23.1 Å². The van der Waals surface area contributed by atoms with Crippen LogP contribution in [0.3, 0.4) is 0 Å². The van der Waals surface area contributed by atoms with Gasteiger partial charge in [0.05, 0.1) is 42.1 Å². The Labute approximate surface area is 269 Å². The number of alkyl halides is 4. The highest BCUT2D eigenvalue weighted by Crippen LogP contribution is 2.47. The zero-order valence-electron chi connectivity index (χ0n) is 25.9. The maximum absolute atomic E-state index is 16.9. The molecule has 0 aliphatic carbocycles. The van der Waals surface area contributed by atoms with E-state index in [0.717, 1.165) is 12.4 Å². The number of likely N-dealkylation sites (N-methyl/N-ethyl adjacent to an activating group) is 1. The molecule has 1 aromatic carbocycles. The predicted molar refractivity (Wildman–Crippen MR) is 163 cm³/mol. The maximum atomic E-state index is 16.9. The van der Waals surface area contributed by atoms with Crippen molar-refractivity contribution < 1.29 is 35.8 Å². The van der Waals surface area contributed by atoms with Gasteiger partial charge in [-0.15, -0.1) is 0 Å². The molecule has 0 radical (unpaired) electrons. The number of aromatic amines is 1. The van der Waals surface area contributed by atoms with Crippen molar-refractivity contribution in [2.45, 2.75) is 44.7 Å². The summed E-state index contributed by atoms with van der Waals surface area (Å²) in [6, 6.07) is 0.776. The largest absolute Gasteiger partial charge is 0.475 e. The van der Waals surface area contributed by atoms with E-state index < -0.39 is 58.4 Å². The van der Waals surface area contributed by atoms with E-state index in [1.807, 2.05) is 0 Å². The summed E-state index contributed by atoms with van der Waals surface area (Å²) < 4.78 is 101. The molecule has 0 bridgehead atoms. The molecule has 1 fully saturated rings. The molecule has 1 saturated heterocycles. The second-order valence-electron chi connectivity index (χ2n) is 11.9. The first-order chi connectivity index (χ1) is 22.8. The number of halogens is 6. The molecule has 2 aliphatic rings. The molecule has 4 aromatic heterocycles. The van der Waals surface area contributed by atoms with Crippen LogP contribution in [0.25, 0.3) is 33.1 Å². The molecule has 3 unspecified atom stereocenters. The molecule has 2 aliphatic heterocycles. The Bertz CT molecular complexity index is 2050. The Kier molecular flexibility index (Phi) is 7.68. The lowest BCUT2D eigenvalue weighted by Crippen LogP contribution is -2.36. The lowest BCUT2D eigenvalue weighted by molar-refractivity contribution is -0.137. The minimum absolute atomic E-state index is 0.0205. The summed E-state index contributed by atoms with van der Waals surface area (Å²) in [6.07, 6.45) is -3.65. The van der Waals surface area contributed by atoms with Crippen LogP contribution in [0.2, 0.25) is 0 Å². The summed E-state index contributed by atoms with van der Waals surface area (Å²) in [4.78, 5) is 20.5. The van der Waals surface area contributed by atoms with Crippen molar-refractivity contribution in [1.29, 1.82) is 0 Å². The number of benzene rings is 1. The Morgan fingerprint density at radius 2 is 1.94 bits per heavy atom. The number of nitrogen functional groups attached to an aromatic ring is 1. The van der Waals surface area contributed by atoms with Gasteiger partial charge in [0.1, 0.15) is 53.4 Å². The SMILES string of the molecule is Cc1cc2[nH]ncc2c(-c2nc3c4c(nc(OCC5C(F)CCN5C)nc4c2F)N(C(C)c2cc(F)cnc2N)CCO3)c1C(F)(F)F. The van der Waals surface area contributed by atoms with Crippen LogP contribution in [0.5, 0.6) is 11.9 Å². The molecule has 6 heterocycles. The lowest BCUT2D eigenvalue weighted by Gasteiger charge is -2.30. The predicted octanol–water partition coefficient (Wildman–Crippen LogP) is 5.53. The molecule has 17 heteroatoms. The van der Waals surface area contributed by atoms with Gasteiger partial charge < -0.3 is 20.1 Å². The first-order valence-corrected chi connectivity index (χ1v) is 15.1. The summed E-state index contributed by atoms with van der Waals surface area (Å²) in [7, 11) is 1.74. The third kappa shape index (κ3) is 5.25. The van der Waals surface area contributed by atoms with Crippen molar-refractivity contribution >= 4 is 33.4 Å². The molecule has 3 N–H and O–H groups in total. The van der Waals surface area contributed by atoms with Crippen molar-refractivity contribution in [1.82, 2.24) is 35.0 Å². The molecular weight excluding hydrogens is 644 g/mol. The minimum Gasteiger partial charge on any atom is -0.475 e. The van der Waals surface area contributed by atoms with Gasteiger partial charge in [-0.3, -0.25) is 10.00 Å². The molecule has 11 nitrogen and oxygen atoms in total. The minimum atomic E-state index is -4.89. The number of ether oxygens (including phenoxy) is 2. The van der Waals surface area contributed by atoms with Gasteiger partial charge in [0.25, 0.3) is 0 Å². The van der Waals surface area contributed by atoms with Gasteiger partial charge in [0.15, 0.2) is 5.82 Å². The Hall–Kier alpha value is -4.93. The van der Waals surface area contributed by atoms with Crippen molar-refractivity contribution in [2.75, 3.05) is 44.0 Å². The van der Waals surface area contributed by atoms with Crippen LogP contribution in [-0.4, -0.2) is 80.6 Å². The number of hydrogen-bond donors (Lipinski definition) is 2. The molecule has 0 saturated carbocycles. The standard InChI is InChI=1S/C31H29F6N9O2/c1-13-8-19-17(11-40-44-19)21(23(13)31(35,36)37)25-24(34)26-22-28(43-30(42-26)48-12-20-18(33)4-5-45(20)3)46(6-7-47-29(22)41-25)14(2)16-9-15(32)10-39-27(16)38/h8-11,14,18,20H,4-7,12H2,1-3H3,(H2,38,39)(H,40,44). The Morgan fingerprint density at radius 1 is 1.15 bits per heavy atom. The number of nitrogens with one attached hydrogen (secondary N) is 1. The number of anilines is 2. The van der Waals surface area contributed by atoms with E-state index in [0.29, 0.717) is 18.5 Å². The number of nitrogens with two attached hydrogens (primary N) is 1. The van der Waals surface area contributed by atoms with Crippen LogP contribution in [-0.2, 0) is 6.18 Å². The van der Waals surface area contributed by atoms with Crippen LogP contribution in [0, 0.1) is 18.6 Å². The van der Waals surface area contributed by atoms with Crippen LogP contribution in [0.1, 0.15) is 36.1 Å². The van der Waals surface area contributed by atoms with Crippen molar-refractivity contribution in [3.05, 3.63) is 52.9 Å². The number of hydrogen-bond acceptors (Lipinski definition) is 10. The van der Waals surface area contributed by atoms with Gasteiger partial charge in [0.2, 0.25) is 5.88 Å². The lowest BCUT2D eigenvalue weighted by atomic mass is 9.94. The average Bonchev–Trinajstić information content (AvgIpc) is 3.58. The highest BCUT2D eigenvalue weighted by atomic mass is 19.4. The topological polar surface area (TPSA) is 131 Å². The third-order valence-corrected chi connectivity index (χ3v) is 8.98. The van der Waals surface area contributed by atoms with Crippen molar-refractivity contribution in [3.8, 4) is 23.1 Å². The quantitative estimate of drug-likeness (QED) is 0.222. The third-order valence-electron chi connectivity index (χ3n) is 8.98. The molecule has 7 rings (SSSR count). The van der Waals surface area contributed by atoms with E-state index in [9.17, 15) is 22.0 Å². The number of nitrogens with zero attached hydrogens (tertiary/aromatic N) is 7. The van der Waals surface area contributed by atoms with Gasteiger partial charge in [-0.25, -0.2) is 23.1 Å². The van der Waals surface area contributed by atoms with Crippen LogP contribution in [0.4, 0.5) is 38.0 Å². The first kappa shape index (κ1) is 31.7. The Morgan fingerprint density at radius 3 is 2.67 bits per heavy atom. The summed E-state index contributed by atoms with van der Waals surface area (Å²) >= 11 is 0. The zero-order valence-corrected chi connectivity index (χ0v) is 25.9. The van der Waals surface area contributed by atoms with Crippen LogP contribution < -0.4 is 20.1 Å². The second kappa shape index (κ2) is 11.6. The Balaban J connectivity index is 1.47. The van der Waals surface area contributed by atoms with E-state index in [4.69, 9.17) is 15.2 Å². The number of H-pyrrole nitrogens is 1. The van der Waals surface area contributed by atoms with E-state index in [1.54, 1.807) is 23.8 Å².